The lowest BCUT2D eigenvalue weighted by Gasteiger charge is -2.23. The van der Waals surface area contributed by atoms with Crippen LogP contribution in [0.3, 0.4) is 0 Å². The molecule has 0 amide bonds. The summed E-state index contributed by atoms with van der Waals surface area (Å²) in [4.78, 5) is 14.8. The van der Waals surface area contributed by atoms with Gasteiger partial charge in [0.25, 0.3) is 0 Å². The van der Waals surface area contributed by atoms with Gasteiger partial charge in [-0.1, -0.05) is 12.2 Å². The summed E-state index contributed by atoms with van der Waals surface area (Å²) in [5, 5.41) is 8.97. The number of aliphatic carboxylic acids is 1. The first-order valence-electron chi connectivity index (χ1n) is 4.69. The third-order valence-corrected chi connectivity index (χ3v) is 2.65. The average Bonchev–Trinajstić information content (AvgIpc) is 2.40. The van der Waals surface area contributed by atoms with Crippen LogP contribution in [0.25, 0.3) is 0 Å². The molecule has 1 aliphatic carbocycles. The Kier molecular flexibility index (Phi) is 2.49. The number of hydrogen-bond acceptors (Lipinski definition) is 2. The maximum absolute atomic E-state index is 13.5. The van der Waals surface area contributed by atoms with Gasteiger partial charge in [0.15, 0.2) is 0 Å². The normalized spacial score (nSPS) is 28.9. The zero-order valence-electron chi connectivity index (χ0n) is 7.93. The SMILES string of the molecule is O=C(O)C1=CN=CCC2C(F)=CC=CC12. The van der Waals surface area contributed by atoms with Crippen molar-refractivity contribution in [2.45, 2.75) is 6.42 Å². The summed E-state index contributed by atoms with van der Waals surface area (Å²) < 4.78 is 13.5. The fraction of sp³-hybridized carbons (Fsp3) is 0.273. The molecule has 0 aromatic carbocycles. The molecule has 0 radical (unpaired) electrons. The molecule has 1 heterocycles. The van der Waals surface area contributed by atoms with Crippen molar-refractivity contribution in [2.24, 2.45) is 16.8 Å². The molecule has 0 aromatic heterocycles. The minimum Gasteiger partial charge on any atom is -0.478 e. The van der Waals surface area contributed by atoms with E-state index in [1.165, 1.54) is 12.3 Å². The number of carboxylic acid groups (broad SMARTS) is 1. The summed E-state index contributed by atoms with van der Waals surface area (Å²) in [6.45, 7) is 0. The summed E-state index contributed by atoms with van der Waals surface area (Å²) in [6.07, 6.45) is 7.93. The van der Waals surface area contributed by atoms with E-state index in [2.05, 4.69) is 4.99 Å². The molecule has 2 unspecified atom stereocenters. The van der Waals surface area contributed by atoms with E-state index < -0.39 is 17.8 Å². The van der Waals surface area contributed by atoms with Crippen LogP contribution < -0.4 is 0 Å². The molecule has 1 aliphatic heterocycles. The van der Waals surface area contributed by atoms with Crippen LogP contribution in [0, 0.1) is 11.8 Å². The molecule has 2 aliphatic rings. The van der Waals surface area contributed by atoms with Crippen LogP contribution in [0.2, 0.25) is 0 Å². The fourth-order valence-corrected chi connectivity index (χ4v) is 1.87. The van der Waals surface area contributed by atoms with Crippen molar-refractivity contribution in [1.29, 1.82) is 0 Å². The Balaban J connectivity index is 2.39. The highest BCUT2D eigenvalue weighted by Crippen LogP contribution is 2.35. The van der Waals surface area contributed by atoms with Crippen LogP contribution in [0.5, 0.6) is 0 Å². The van der Waals surface area contributed by atoms with Crippen LogP contribution >= 0.6 is 0 Å². The molecule has 78 valence electrons. The number of carbonyl (C=O) groups is 1. The van der Waals surface area contributed by atoms with E-state index in [4.69, 9.17) is 5.11 Å². The fourth-order valence-electron chi connectivity index (χ4n) is 1.87. The third-order valence-electron chi connectivity index (χ3n) is 2.65. The first-order valence-corrected chi connectivity index (χ1v) is 4.69. The number of allylic oxidation sites excluding steroid dienone is 4. The molecule has 15 heavy (non-hydrogen) atoms. The summed E-state index contributed by atoms with van der Waals surface area (Å²) >= 11 is 0. The Hall–Kier alpha value is -1.71. The molecule has 0 saturated carbocycles. The van der Waals surface area contributed by atoms with Crippen LogP contribution in [0.1, 0.15) is 6.42 Å². The van der Waals surface area contributed by atoms with Crippen molar-refractivity contribution in [3.63, 3.8) is 0 Å². The number of hydrogen-bond donors (Lipinski definition) is 1. The van der Waals surface area contributed by atoms with E-state index in [0.29, 0.717) is 6.42 Å². The summed E-state index contributed by atoms with van der Waals surface area (Å²) in [7, 11) is 0. The average molecular weight is 207 g/mol. The highest BCUT2D eigenvalue weighted by molar-refractivity contribution is 5.88. The first kappa shape index (κ1) is 9.83. The van der Waals surface area contributed by atoms with Crippen molar-refractivity contribution >= 4 is 12.2 Å². The van der Waals surface area contributed by atoms with Crippen molar-refractivity contribution in [1.82, 2.24) is 0 Å². The van der Waals surface area contributed by atoms with Crippen molar-refractivity contribution < 1.29 is 14.3 Å². The summed E-state index contributed by atoms with van der Waals surface area (Å²) in [5.74, 6) is -2.13. The molecule has 4 heteroatoms. The largest absolute Gasteiger partial charge is 0.478 e. The molecule has 3 nitrogen and oxygen atoms in total. The Morgan fingerprint density at radius 3 is 3.13 bits per heavy atom. The monoisotopic (exact) mass is 207 g/mol. The van der Waals surface area contributed by atoms with E-state index in [1.54, 1.807) is 18.4 Å². The zero-order chi connectivity index (χ0) is 10.8. The van der Waals surface area contributed by atoms with E-state index in [0.717, 1.165) is 0 Å². The van der Waals surface area contributed by atoms with E-state index in [1.807, 2.05) is 0 Å². The molecule has 2 atom stereocenters. The molecule has 0 fully saturated rings. The second-order valence-corrected chi connectivity index (χ2v) is 3.53. The second-order valence-electron chi connectivity index (χ2n) is 3.53. The number of nitrogens with zero attached hydrogens (tertiary/aromatic N) is 1. The number of rotatable bonds is 1. The van der Waals surface area contributed by atoms with Gasteiger partial charge >= 0.3 is 5.97 Å². The molecule has 0 spiro atoms. The van der Waals surface area contributed by atoms with Crippen molar-refractivity contribution in [2.75, 3.05) is 0 Å². The predicted molar refractivity (Wildman–Crippen MR) is 54.1 cm³/mol. The number of halogens is 1. The van der Waals surface area contributed by atoms with Gasteiger partial charge in [-0.15, -0.1) is 0 Å². The topological polar surface area (TPSA) is 49.7 Å². The predicted octanol–water partition coefficient (Wildman–Crippen LogP) is 2.08. The lowest BCUT2D eigenvalue weighted by Crippen LogP contribution is -2.21. The van der Waals surface area contributed by atoms with Gasteiger partial charge in [-0.05, 0) is 12.5 Å². The molecular weight excluding hydrogens is 197 g/mol. The molecule has 0 aromatic rings. The minimum absolute atomic E-state index is 0.147. The van der Waals surface area contributed by atoms with Crippen molar-refractivity contribution in [3.8, 4) is 0 Å². The van der Waals surface area contributed by atoms with Gasteiger partial charge in [-0.3, -0.25) is 4.99 Å². The quantitative estimate of drug-likeness (QED) is 0.715. The lowest BCUT2D eigenvalue weighted by atomic mass is 9.81. The van der Waals surface area contributed by atoms with E-state index in [-0.39, 0.29) is 11.4 Å². The Morgan fingerprint density at radius 2 is 2.40 bits per heavy atom. The van der Waals surface area contributed by atoms with Crippen LogP contribution in [-0.2, 0) is 4.79 Å². The van der Waals surface area contributed by atoms with Gasteiger partial charge in [0.05, 0.1) is 5.57 Å². The molecule has 0 bridgehead atoms. The third kappa shape index (κ3) is 1.75. The molecular formula is C11H10FNO2. The van der Waals surface area contributed by atoms with Crippen LogP contribution in [-0.4, -0.2) is 17.3 Å². The van der Waals surface area contributed by atoms with Crippen LogP contribution in [0.15, 0.2) is 40.8 Å². The van der Waals surface area contributed by atoms with Crippen LogP contribution in [0.4, 0.5) is 4.39 Å². The Bertz CT molecular complexity index is 407. The summed E-state index contributed by atoms with van der Waals surface area (Å²) in [5.41, 5.74) is 0.147. The first-order chi connectivity index (χ1) is 7.20. The summed E-state index contributed by atoms with van der Waals surface area (Å²) in [6, 6.07) is 0. The van der Waals surface area contributed by atoms with Gasteiger partial charge < -0.3 is 5.11 Å². The Morgan fingerprint density at radius 1 is 1.60 bits per heavy atom. The number of fused-ring (bicyclic) bond motifs is 1. The zero-order valence-corrected chi connectivity index (χ0v) is 7.93. The van der Waals surface area contributed by atoms with Gasteiger partial charge in [0, 0.05) is 24.3 Å². The standard InChI is InChI=1S/C11H10FNO2/c12-10-3-1-2-7-8(10)4-5-13-6-9(7)11(14)15/h1-3,5-8H,4H2,(H,14,15). The maximum Gasteiger partial charge on any atom is 0.333 e. The van der Waals surface area contributed by atoms with E-state index in [9.17, 15) is 9.18 Å². The lowest BCUT2D eigenvalue weighted by molar-refractivity contribution is -0.133. The minimum atomic E-state index is -1.04. The molecule has 2 rings (SSSR count). The van der Waals surface area contributed by atoms with Gasteiger partial charge in [-0.25, -0.2) is 9.18 Å². The van der Waals surface area contributed by atoms with Gasteiger partial charge in [-0.2, -0.15) is 0 Å². The van der Waals surface area contributed by atoms with Crippen molar-refractivity contribution in [3.05, 3.63) is 35.8 Å². The number of aliphatic imine (C=N–C) groups is 1. The van der Waals surface area contributed by atoms with Gasteiger partial charge in [0.2, 0.25) is 0 Å². The highest BCUT2D eigenvalue weighted by Gasteiger charge is 2.32. The Labute approximate surface area is 86.3 Å². The second kappa shape index (κ2) is 3.81. The maximum atomic E-state index is 13.5. The highest BCUT2D eigenvalue weighted by atomic mass is 19.1. The molecule has 1 N–H and O–H groups in total. The van der Waals surface area contributed by atoms with Gasteiger partial charge in [0.1, 0.15) is 5.83 Å². The number of carboxylic acids is 1. The smallest absolute Gasteiger partial charge is 0.333 e. The molecule has 0 saturated heterocycles. The van der Waals surface area contributed by atoms with E-state index >= 15 is 0 Å².